The molecule has 0 aromatic heterocycles. The summed E-state index contributed by atoms with van der Waals surface area (Å²) in [7, 11) is 0. The van der Waals surface area contributed by atoms with Gasteiger partial charge in [-0.1, -0.05) is 25.7 Å². The van der Waals surface area contributed by atoms with Gasteiger partial charge in [-0.3, -0.25) is 0 Å². The summed E-state index contributed by atoms with van der Waals surface area (Å²) in [4.78, 5) is 0. The van der Waals surface area contributed by atoms with Gasteiger partial charge in [-0.25, -0.2) is 0 Å². The van der Waals surface area contributed by atoms with Gasteiger partial charge in [0.05, 0.1) is 5.60 Å². The lowest BCUT2D eigenvalue weighted by Gasteiger charge is -2.35. The molecule has 1 saturated heterocycles. The molecule has 82 valence electrons. The van der Waals surface area contributed by atoms with E-state index < -0.39 is 0 Å². The Morgan fingerprint density at radius 1 is 1.07 bits per heavy atom. The fraction of sp³-hybridized carbons (Fsp3) is 1.00. The first-order valence-corrected chi connectivity index (χ1v) is 6.21. The molecular weight excluding hydrogens is 174 g/mol. The first-order chi connectivity index (χ1) is 6.87. The zero-order valence-corrected chi connectivity index (χ0v) is 9.13. The monoisotopic (exact) mass is 197 g/mol. The van der Waals surface area contributed by atoms with Crippen LogP contribution in [0.25, 0.3) is 0 Å². The van der Waals surface area contributed by atoms with E-state index >= 15 is 0 Å². The Morgan fingerprint density at radius 3 is 2.29 bits per heavy atom. The van der Waals surface area contributed by atoms with Crippen molar-refractivity contribution < 1.29 is 4.74 Å². The van der Waals surface area contributed by atoms with Crippen molar-refractivity contribution in [2.24, 2.45) is 11.7 Å². The molecule has 1 aliphatic heterocycles. The Morgan fingerprint density at radius 2 is 1.79 bits per heavy atom. The number of hydrogen-bond donors (Lipinski definition) is 1. The highest BCUT2D eigenvalue weighted by molar-refractivity contribution is 4.93. The van der Waals surface area contributed by atoms with E-state index in [-0.39, 0.29) is 5.60 Å². The summed E-state index contributed by atoms with van der Waals surface area (Å²) < 4.78 is 5.96. The highest BCUT2D eigenvalue weighted by atomic mass is 16.5. The van der Waals surface area contributed by atoms with Crippen molar-refractivity contribution in [3.63, 3.8) is 0 Å². The van der Waals surface area contributed by atoms with E-state index in [1.807, 2.05) is 0 Å². The fourth-order valence-corrected chi connectivity index (χ4v) is 3.17. The van der Waals surface area contributed by atoms with E-state index in [2.05, 4.69) is 0 Å². The van der Waals surface area contributed by atoms with Gasteiger partial charge in [-0.05, 0) is 31.6 Å². The van der Waals surface area contributed by atoms with Crippen LogP contribution in [0, 0.1) is 5.92 Å². The normalized spacial score (nSPS) is 35.8. The highest BCUT2D eigenvalue weighted by Gasteiger charge is 2.41. The third-order valence-electron chi connectivity index (χ3n) is 4.08. The Bertz CT molecular complexity index is 167. The molecule has 2 N–H and O–H groups in total. The van der Waals surface area contributed by atoms with Crippen LogP contribution in [-0.2, 0) is 4.74 Å². The van der Waals surface area contributed by atoms with Crippen LogP contribution < -0.4 is 5.73 Å². The lowest BCUT2D eigenvalue weighted by Crippen LogP contribution is -2.44. The van der Waals surface area contributed by atoms with E-state index in [0.717, 1.165) is 19.1 Å². The fourth-order valence-electron chi connectivity index (χ4n) is 3.17. The summed E-state index contributed by atoms with van der Waals surface area (Å²) in [6, 6.07) is 0. The van der Waals surface area contributed by atoms with Gasteiger partial charge in [-0.15, -0.1) is 0 Å². The van der Waals surface area contributed by atoms with Gasteiger partial charge < -0.3 is 10.5 Å². The molecule has 2 fully saturated rings. The van der Waals surface area contributed by atoms with Crippen LogP contribution in [0.4, 0.5) is 0 Å². The summed E-state index contributed by atoms with van der Waals surface area (Å²) in [5.41, 5.74) is 6.00. The Labute approximate surface area is 87.2 Å². The number of hydrogen-bond acceptors (Lipinski definition) is 2. The largest absolute Gasteiger partial charge is 0.373 e. The summed E-state index contributed by atoms with van der Waals surface area (Å²) in [5, 5.41) is 0. The van der Waals surface area contributed by atoms with Crippen LogP contribution in [0.2, 0.25) is 0 Å². The molecule has 1 unspecified atom stereocenters. The first-order valence-electron chi connectivity index (χ1n) is 6.21. The quantitative estimate of drug-likeness (QED) is 0.690. The minimum atomic E-state index is 0.0737. The Balaban J connectivity index is 2.01. The maximum absolute atomic E-state index is 5.96. The summed E-state index contributed by atoms with van der Waals surface area (Å²) in [6.45, 7) is 1.67. The van der Waals surface area contributed by atoms with Gasteiger partial charge in [0.15, 0.2) is 0 Å². The van der Waals surface area contributed by atoms with E-state index in [4.69, 9.17) is 10.5 Å². The number of ether oxygens (including phenoxy) is 1. The average molecular weight is 197 g/mol. The van der Waals surface area contributed by atoms with Gasteiger partial charge in [-0.2, -0.15) is 0 Å². The van der Waals surface area contributed by atoms with Crippen molar-refractivity contribution in [1.29, 1.82) is 0 Å². The standard InChI is InChI=1S/C12H23NO/c13-10-12(8-5-9-14-12)11-6-3-1-2-4-7-11/h11H,1-10,13H2. The van der Waals surface area contributed by atoms with Crippen LogP contribution in [0.1, 0.15) is 51.4 Å². The van der Waals surface area contributed by atoms with Gasteiger partial charge in [0.2, 0.25) is 0 Å². The molecule has 0 bridgehead atoms. The molecule has 2 heteroatoms. The average Bonchev–Trinajstić information content (AvgIpc) is 2.54. The second-order valence-corrected chi connectivity index (χ2v) is 4.91. The lowest BCUT2D eigenvalue weighted by atomic mass is 9.80. The molecule has 1 aliphatic carbocycles. The van der Waals surface area contributed by atoms with Crippen LogP contribution >= 0.6 is 0 Å². The van der Waals surface area contributed by atoms with E-state index in [0.29, 0.717) is 0 Å². The van der Waals surface area contributed by atoms with Crippen molar-refractivity contribution in [2.75, 3.05) is 13.2 Å². The van der Waals surface area contributed by atoms with Crippen LogP contribution in [0.5, 0.6) is 0 Å². The molecule has 0 aromatic rings. The molecule has 0 aromatic carbocycles. The second kappa shape index (κ2) is 4.63. The van der Waals surface area contributed by atoms with Crippen molar-refractivity contribution in [3.8, 4) is 0 Å². The van der Waals surface area contributed by atoms with Crippen molar-refractivity contribution in [3.05, 3.63) is 0 Å². The highest BCUT2D eigenvalue weighted by Crippen LogP contribution is 2.39. The molecule has 1 atom stereocenters. The molecule has 2 nitrogen and oxygen atoms in total. The third kappa shape index (κ3) is 1.96. The van der Waals surface area contributed by atoms with Crippen LogP contribution in [-0.4, -0.2) is 18.8 Å². The molecule has 2 aliphatic rings. The predicted molar refractivity (Wildman–Crippen MR) is 58.2 cm³/mol. The molecule has 0 radical (unpaired) electrons. The van der Waals surface area contributed by atoms with Gasteiger partial charge in [0.25, 0.3) is 0 Å². The minimum Gasteiger partial charge on any atom is -0.373 e. The number of nitrogens with two attached hydrogens (primary N) is 1. The smallest absolute Gasteiger partial charge is 0.0832 e. The zero-order valence-electron chi connectivity index (χ0n) is 9.13. The van der Waals surface area contributed by atoms with E-state index in [1.165, 1.54) is 51.4 Å². The molecule has 2 rings (SSSR count). The first kappa shape index (κ1) is 10.4. The molecule has 14 heavy (non-hydrogen) atoms. The molecule has 1 saturated carbocycles. The molecule has 0 amide bonds. The third-order valence-corrected chi connectivity index (χ3v) is 4.08. The Kier molecular flexibility index (Phi) is 3.45. The topological polar surface area (TPSA) is 35.2 Å². The zero-order chi connectivity index (χ0) is 9.86. The van der Waals surface area contributed by atoms with Gasteiger partial charge >= 0.3 is 0 Å². The summed E-state index contributed by atoms with van der Waals surface area (Å²) in [5.74, 6) is 0.748. The number of rotatable bonds is 2. The lowest BCUT2D eigenvalue weighted by molar-refractivity contribution is -0.0416. The molecule has 1 heterocycles. The van der Waals surface area contributed by atoms with E-state index in [9.17, 15) is 0 Å². The van der Waals surface area contributed by atoms with Gasteiger partial charge in [0, 0.05) is 13.2 Å². The predicted octanol–water partition coefficient (Wildman–Crippen LogP) is 2.46. The summed E-state index contributed by atoms with van der Waals surface area (Å²) >= 11 is 0. The van der Waals surface area contributed by atoms with Crippen molar-refractivity contribution in [2.45, 2.75) is 57.0 Å². The molecule has 0 spiro atoms. The second-order valence-electron chi connectivity index (χ2n) is 4.91. The van der Waals surface area contributed by atoms with Crippen molar-refractivity contribution in [1.82, 2.24) is 0 Å². The maximum atomic E-state index is 5.96. The minimum absolute atomic E-state index is 0.0737. The van der Waals surface area contributed by atoms with E-state index in [1.54, 1.807) is 0 Å². The maximum Gasteiger partial charge on any atom is 0.0832 e. The van der Waals surface area contributed by atoms with Crippen molar-refractivity contribution >= 4 is 0 Å². The Hall–Kier alpha value is -0.0800. The summed E-state index contributed by atoms with van der Waals surface area (Å²) in [6.07, 6.45) is 10.7. The molecular formula is C12H23NO. The SMILES string of the molecule is NCC1(C2CCCCCC2)CCCO1. The van der Waals surface area contributed by atoms with Gasteiger partial charge in [0.1, 0.15) is 0 Å². The van der Waals surface area contributed by atoms with Crippen LogP contribution in [0.3, 0.4) is 0 Å². The van der Waals surface area contributed by atoms with Crippen LogP contribution in [0.15, 0.2) is 0 Å².